The van der Waals surface area contributed by atoms with E-state index in [0.717, 1.165) is 22.3 Å². The van der Waals surface area contributed by atoms with Crippen LogP contribution >= 0.6 is 0 Å². The molecule has 2 aliphatic heterocycles. The Hall–Kier alpha value is -4.72. The minimum atomic E-state index is -0.0226. The number of rotatable bonds is 7. The summed E-state index contributed by atoms with van der Waals surface area (Å²) in [6.07, 6.45) is 19.9. The topological polar surface area (TPSA) is 125 Å². The van der Waals surface area contributed by atoms with Crippen molar-refractivity contribution < 1.29 is 17.1 Å². The second-order valence-electron chi connectivity index (χ2n) is 9.24. The molecule has 0 unspecified atom stereocenters. The largest absolute Gasteiger partial charge is 2.00 e. The first-order valence-corrected chi connectivity index (χ1v) is 15.5. The number of hydrogen-bond acceptors (Lipinski definition) is 6. The molecule has 3 heterocycles. The van der Waals surface area contributed by atoms with Gasteiger partial charge < -0.3 is 21.4 Å². The summed E-state index contributed by atoms with van der Waals surface area (Å²) in [5.41, 5.74) is 23.2. The summed E-state index contributed by atoms with van der Waals surface area (Å²) in [6.45, 7) is 29.3. The predicted octanol–water partition coefficient (Wildman–Crippen LogP) is 11.8. The molecule has 8 nitrogen and oxygen atoms in total. The Balaban J connectivity index is 0.00000407. The molecule has 9 heteroatoms. The van der Waals surface area contributed by atoms with Gasteiger partial charge in [0.2, 0.25) is 0 Å². The molecule has 3 rings (SSSR count). The van der Waals surface area contributed by atoms with Gasteiger partial charge >= 0.3 is 17.1 Å². The molecule has 0 atom stereocenters. The normalized spacial score (nSPS) is 11.9. The van der Waals surface area contributed by atoms with Gasteiger partial charge in [0.15, 0.2) is 11.6 Å². The molecule has 0 amide bonds. The van der Waals surface area contributed by atoms with Crippen LogP contribution < -0.4 is 0 Å². The molecule has 1 radical (unpaired) electrons. The van der Waals surface area contributed by atoms with Crippen LogP contribution in [0.4, 0.5) is 11.6 Å². The van der Waals surface area contributed by atoms with Crippen molar-refractivity contribution in [2.75, 3.05) is 0 Å². The zero-order chi connectivity index (χ0) is 34.8. The van der Waals surface area contributed by atoms with E-state index in [2.05, 4.69) is 39.7 Å². The van der Waals surface area contributed by atoms with Crippen molar-refractivity contribution in [1.29, 1.82) is 0 Å². The first kappa shape index (κ1) is 42.3. The van der Waals surface area contributed by atoms with Gasteiger partial charge in [-0.3, -0.25) is 0 Å². The van der Waals surface area contributed by atoms with Gasteiger partial charge in [0.05, 0.1) is 11.6 Å². The quantitative estimate of drug-likeness (QED) is 0.208. The summed E-state index contributed by atoms with van der Waals surface area (Å²) in [4.78, 5) is 27.9. The van der Waals surface area contributed by atoms with E-state index in [1.807, 2.05) is 98.8 Å². The summed E-state index contributed by atoms with van der Waals surface area (Å²) in [5, 5.41) is 0. The molecule has 1 aromatic rings. The van der Waals surface area contributed by atoms with Crippen LogP contribution in [0.5, 0.6) is 0 Å². The third kappa shape index (κ3) is 10.7. The monoisotopic (exact) mass is 679 g/mol. The summed E-state index contributed by atoms with van der Waals surface area (Å²) < 4.78 is 0. The van der Waals surface area contributed by atoms with E-state index in [-0.39, 0.29) is 28.7 Å². The second kappa shape index (κ2) is 21.9. The van der Waals surface area contributed by atoms with Crippen LogP contribution in [0.15, 0.2) is 62.5 Å². The maximum absolute atomic E-state index is 8.91. The third-order valence-corrected chi connectivity index (χ3v) is 6.49. The van der Waals surface area contributed by atoms with Crippen molar-refractivity contribution in [1.82, 2.24) is 29.9 Å². The summed E-state index contributed by atoms with van der Waals surface area (Å²) in [5.74, 6) is 1.64. The van der Waals surface area contributed by atoms with Gasteiger partial charge in [0, 0.05) is 23.5 Å². The van der Waals surface area contributed by atoms with E-state index in [1.54, 1.807) is 30.6 Å². The molecule has 4 bridgehead atoms. The Morgan fingerprint density at radius 3 is 1.49 bits per heavy atom. The maximum atomic E-state index is 8.91. The predicted molar refractivity (Wildman–Crippen MR) is 201 cm³/mol. The van der Waals surface area contributed by atoms with Crippen LogP contribution in [-0.4, -0.2) is 29.9 Å². The molecular formula is C38H48CuN8. The molecule has 2 N–H and O–H groups in total. The van der Waals surface area contributed by atoms with Crippen molar-refractivity contribution in [3.8, 4) is 0 Å². The average Bonchev–Trinajstić information content (AvgIpc) is 3.51. The standard InChI is InChI=1S/C34H36N8.2C2H6.Cu/c1-9-15-23-19-37-31-21(7)22(8)32(41-31)39-29(35)25(13-5)24(16-10-2)20-38-33-27(17-11-3)28(18-12-4)34(42-33)40-30(36)26(23)14-6;2*1-2;/h9-16,18-20H,3,5-6,17H2,1-2,4,7-8H3,(H2-2,35,36,37,38,39,40,41,42);2*1-2H3;/q-2;;;+2/b15-9-,16-10-,18-12-;;;. The molecule has 47 heavy (non-hydrogen) atoms. The number of aromatic nitrogens is 6. The number of allylic oxidation sites excluding steroid dienone is 9. The fraction of sp³-hybridized carbons (Fsp3) is 0.263. The smallest absolute Gasteiger partial charge is 0.482 e. The van der Waals surface area contributed by atoms with Gasteiger partial charge in [-0.05, 0) is 74.4 Å². The molecule has 0 saturated heterocycles. The molecular weight excluding hydrogens is 632 g/mol. The van der Waals surface area contributed by atoms with Crippen LogP contribution in [0.3, 0.4) is 0 Å². The Morgan fingerprint density at radius 1 is 0.617 bits per heavy atom. The number of fused-ring (bicyclic) bond motifs is 4. The molecule has 2 aliphatic rings. The summed E-state index contributed by atoms with van der Waals surface area (Å²) in [7, 11) is 0. The number of nitrogens with zero attached hydrogens (tertiary/aromatic N) is 6. The van der Waals surface area contributed by atoms with E-state index in [9.17, 15) is 0 Å². The first-order chi connectivity index (χ1) is 22.2. The van der Waals surface area contributed by atoms with E-state index in [0.29, 0.717) is 52.0 Å². The van der Waals surface area contributed by atoms with E-state index in [4.69, 9.17) is 21.4 Å². The minimum Gasteiger partial charge on any atom is -0.482 e. The molecule has 0 aliphatic carbocycles. The van der Waals surface area contributed by atoms with Crippen LogP contribution in [0.1, 0.15) is 114 Å². The van der Waals surface area contributed by atoms with E-state index in [1.165, 1.54) is 0 Å². The van der Waals surface area contributed by atoms with Crippen molar-refractivity contribution in [2.45, 2.75) is 68.7 Å². The van der Waals surface area contributed by atoms with Gasteiger partial charge in [0.1, 0.15) is 0 Å². The van der Waals surface area contributed by atoms with Crippen molar-refractivity contribution >= 4 is 58.2 Å². The first-order valence-electron chi connectivity index (χ1n) is 15.5. The third-order valence-electron chi connectivity index (χ3n) is 6.49. The summed E-state index contributed by atoms with van der Waals surface area (Å²) in [6, 6.07) is 0. The maximum Gasteiger partial charge on any atom is 2.00 e. The molecule has 251 valence electrons. The average molecular weight is 680 g/mol. The number of hydrogen-bond donors (Lipinski definition) is 0. The fourth-order valence-electron chi connectivity index (χ4n) is 4.26. The van der Waals surface area contributed by atoms with Crippen LogP contribution in [0.25, 0.3) is 58.1 Å². The van der Waals surface area contributed by atoms with Gasteiger partial charge in [-0.25, -0.2) is 19.9 Å². The fourth-order valence-corrected chi connectivity index (χ4v) is 4.26. The Labute approximate surface area is 292 Å². The zero-order valence-corrected chi connectivity index (χ0v) is 30.1. The van der Waals surface area contributed by atoms with Crippen LogP contribution in [-0.2, 0) is 17.1 Å². The molecule has 1 aromatic heterocycles. The van der Waals surface area contributed by atoms with Crippen molar-refractivity contribution in [3.63, 3.8) is 0 Å². The Kier molecular flexibility index (Phi) is 19.7. The molecule has 0 spiro atoms. The van der Waals surface area contributed by atoms with Crippen LogP contribution in [0.2, 0.25) is 0 Å². The minimum absolute atomic E-state index is 0. The van der Waals surface area contributed by atoms with Crippen molar-refractivity contribution in [2.24, 2.45) is 0 Å². The zero-order valence-electron chi connectivity index (χ0n) is 29.2. The molecule has 0 aromatic carbocycles. The van der Waals surface area contributed by atoms with Crippen LogP contribution in [0, 0.1) is 0 Å². The second-order valence-corrected chi connectivity index (χ2v) is 9.24. The van der Waals surface area contributed by atoms with Crippen molar-refractivity contribution in [3.05, 3.63) is 120 Å². The van der Waals surface area contributed by atoms with E-state index < -0.39 is 0 Å². The Morgan fingerprint density at radius 2 is 1.04 bits per heavy atom. The Bertz CT molecular complexity index is 1680. The molecule has 0 saturated carbocycles. The van der Waals surface area contributed by atoms with Gasteiger partial charge in [-0.1, -0.05) is 107 Å². The SMILES string of the molecule is C=CCC1=C(/C=C\C)c2nc1ncc(/C=C\C)c(C=C)c([NH-])nc1nc(ncc(/C=C\C)c(C=C)c([NH-])n2)C(C)=C1C.CC.CC.[Cu+2]. The molecule has 0 fully saturated rings. The van der Waals surface area contributed by atoms with Gasteiger partial charge in [-0.2, -0.15) is 0 Å². The summed E-state index contributed by atoms with van der Waals surface area (Å²) >= 11 is 0. The van der Waals surface area contributed by atoms with Gasteiger partial charge in [-0.15, -0.1) is 6.58 Å². The number of nitrogens with one attached hydrogen (secondary N) is 2. The van der Waals surface area contributed by atoms with Gasteiger partial charge in [0.25, 0.3) is 0 Å². The van der Waals surface area contributed by atoms with E-state index >= 15 is 0 Å².